The molecule has 1 amide bonds. The van der Waals surface area contributed by atoms with E-state index in [1.54, 1.807) is 13.3 Å². The number of aromatic nitrogens is 1. The quantitative estimate of drug-likeness (QED) is 0.940. The number of rotatable bonds is 4. The number of nitrogens with zero attached hydrogens (tertiary/aromatic N) is 2. The number of methoxy groups -OCH3 is 1. The lowest BCUT2D eigenvalue weighted by Gasteiger charge is -2.07. The van der Waals surface area contributed by atoms with Crippen molar-refractivity contribution in [2.24, 2.45) is 5.16 Å². The summed E-state index contributed by atoms with van der Waals surface area (Å²) in [6.07, 6.45) is 1.53. The predicted octanol–water partition coefficient (Wildman–Crippen LogP) is 2.59. The molecule has 0 saturated carbocycles. The van der Waals surface area contributed by atoms with Crippen LogP contribution in [0.3, 0.4) is 0 Å². The van der Waals surface area contributed by atoms with Crippen molar-refractivity contribution >= 4 is 28.1 Å². The number of thiazole rings is 1. The normalized spacial score (nSPS) is 16.8. The minimum Gasteiger partial charge on any atom is -0.497 e. The molecule has 0 bridgehead atoms. The van der Waals surface area contributed by atoms with Gasteiger partial charge in [-0.3, -0.25) is 10.1 Å². The molecule has 7 heteroatoms. The number of oxime groups is 1. The zero-order chi connectivity index (χ0) is 15.5. The maximum Gasteiger partial charge on any atom is 0.270 e. The molecule has 3 rings (SSSR count). The molecule has 0 aliphatic carbocycles. The largest absolute Gasteiger partial charge is 0.497 e. The van der Waals surface area contributed by atoms with Crippen LogP contribution in [-0.2, 0) is 9.63 Å². The first-order valence-corrected chi connectivity index (χ1v) is 7.58. The minimum atomic E-state index is -0.624. The molecule has 1 aromatic carbocycles. The zero-order valence-electron chi connectivity index (χ0n) is 12.2. The fraction of sp³-hybridized carbons (Fsp3) is 0.267. The Labute approximate surface area is 131 Å². The molecule has 2 aromatic rings. The number of hydrogen-bond donors (Lipinski definition) is 1. The number of nitrogens with one attached hydrogen (secondary N) is 1. The molecule has 1 aromatic heterocycles. The molecule has 0 spiro atoms. The van der Waals surface area contributed by atoms with Crippen molar-refractivity contribution in [2.45, 2.75) is 19.4 Å². The Kier molecular flexibility index (Phi) is 4.06. The smallest absolute Gasteiger partial charge is 0.270 e. The first kappa shape index (κ1) is 14.5. The maximum absolute atomic E-state index is 12.1. The van der Waals surface area contributed by atoms with Crippen molar-refractivity contribution in [2.75, 3.05) is 12.4 Å². The number of hydrogen-bond acceptors (Lipinski definition) is 6. The highest BCUT2D eigenvalue weighted by Crippen LogP contribution is 2.22. The van der Waals surface area contributed by atoms with Crippen LogP contribution in [0.4, 0.5) is 5.13 Å². The van der Waals surface area contributed by atoms with Crippen molar-refractivity contribution < 1.29 is 14.4 Å². The van der Waals surface area contributed by atoms with Crippen molar-refractivity contribution in [1.82, 2.24) is 4.98 Å². The van der Waals surface area contributed by atoms with Gasteiger partial charge in [0.05, 0.1) is 12.8 Å². The second kappa shape index (κ2) is 6.15. The average molecular weight is 317 g/mol. The number of anilines is 1. The van der Waals surface area contributed by atoms with Gasteiger partial charge in [-0.2, -0.15) is 0 Å². The molecule has 0 fully saturated rings. The molecule has 1 aliphatic heterocycles. The van der Waals surface area contributed by atoms with Crippen LogP contribution in [-0.4, -0.2) is 29.8 Å². The average Bonchev–Trinajstić information content (AvgIpc) is 3.17. The monoisotopic (exact) mass is 317 g/mol. The lowest BCUT2D eigenvalue weighted by atomic mass is 10.0. The fourth-order valence-electron chi connectivity index (χ4n) is 2.07. The number of carbonyl (C=O) groups is 1. The van der Waals surface area contributed by atoms with Crippen LogP contribution in [0.1, 0.15) is 16.9 Å². The van der Waals surface area contributed by atoms with Crippen molar-refractivity contribution in [3.8, 4) is 5.75 Å². The van der Waals surface area contributed by atoms with E-state index in [0.717, 1.165) is 21.9 Å². The summed E-state index contributed by atoms with van der Waals surface area (Å²) in [5.74, 6) is 0.540. The molecule has 0 saturated heterocycles. The molecule has 6 nitrogen and oxygen atoms in total. The zero-order valence-corrected chi connectivity index (χ0v) is 13.0. The Hall–Kier alpha value is -2.41. The van der Waals surface area contributed by atoms with E-state index < -0.39 is 6.10 Å². The van der Waals surface area contributed by atoms with Crippen LogP contribution < -0.4 is 10.1 Å². The van der Waals surface area contributed by atoms with Gasteiger partial charge in [-0.15, -0.1) is 11.3 Å². The second-order valence-electron chi connectivity index (χ2n) is 4.83. The molecular weight excluding hydrogens is 302 g/mol. The van der Waals surface area contributed by atoms with Gasteiger partial charge < -0.3 is 9.57 Å². The highest BCUT2D eigenvalue weighted by molar-refractivity contribution is 7.15. The van der Waals surface area contributed by atoms with E-state index in [1.165, 1.54) is 11.3 Å². The van der Waals surface area contributed by atoms with E-state index in [1.807, 2.05) is 31.2 Å². The summed E-state index contributed by atoms with van der Waals surface area (Å²) < 4.78 is 5.12. The van der Waals surface area contributed by atoms with Gasteiger partial charge in [0, 0.05) is 17.5 Å². The van der Waals surface area contributed by atoms with Gasteiger partial charge in [0.25, 0.3) is 5.91 Å². The number of carbonyl (C=O) groups excluding carboxylic acids is 1. The van der Waals surface area contributed by atoms with E-state index in [4.69, 9.17) is 9.57 Å². The Bertz CT molecular complexity index is 709. The summed E-state index contributed by atoms with van der Waals surface area (Å²) in [5, 5.41) is 7.33. The van der Waals surface area contributed by atoms with Gasteiger partial charge in [-0.05, 0) is 36.8 Å². The summed E-state index contributed by atoms with van der Waals surface area (Å²) in [7, 11) is 1.62. The van der Waals surface area contributed by atoms with E-state index in [9.17, 15) is 4.79 Å². The first-order valence-electron chi connectivity index (χ1n) is 6.76. The van der Waals surface area contributed by atoms with E-state index in [-0.39, 0.29) is 5.91 Å². The molecule has 0 radical (unpaired) electrons. The summed E-state index contributed by atoms with van der Waals surface area (Å²) in [4.78, 5) is 22.5. The lowest BCUT2D eigenvalue weighted by molar-refractivity contribution is -0.125. The lowest BCUT2D eigenvalue weighted by Crippen LogP contribution is -2.27. The summed E-state index contributed by atoms with van der Waals surface area (Å²) >= 11 is 1.43. The molecular formula is C15H15N3O3S. The van der Waals surface area contributed by atoms with Gasteiger partial charge in [-0.1, -0.05) is 5.16 Å². The van der Waals surface area contributed by atoms with Gasteiger partial charge in [-0.25, -0.2) is 4.98 Å². The van der Waals surface area contributed by atoms with Gasteiger partial charge in [0.2, 0.25) is 6.10 Å². The van der Waals surface area contributed by atoms with Crippen molar-refractivity contribution in [3.05, 3.63) is 40.9 Å². The molecule has 22 heavy (non-hydrogen) atoms. The third-order valence-corrected chi connectivity index (χ3v) is 4.06. The standard InChI is InChI=1S/C15H15N3O3S/c1-9-8-16-15(22-9)17-14(19)13-7-12(18-21-13)10-3-5-11(20-2)6-4-10/h3-6,8,13H,7H2,1-2H3,(H,16,17,19). The van der Waals surface area contributed by atoms with Crippen LogP contribution in [0.5, 0.6) is 5.75 Å². The molecule has 1 aliphatic rings. The third-order valence-electron chi connectivity index (χ3n) is 3.24. The van der Waals surface area contributed by atoms with Crippen molar-refractivity contribution in [1.29, 1.82) is 0 Å². The molecule has 2 heterocycles. The van der Waals surface area contributed by atoms with E-state index in [0.29, 0.717) is 11.6 Å². The number of benzene rings is 1. The van der Waals surface area contributed by atoms with E-state index >= 15 is 0 Å². The maximum atomic E-state index is 12.1. The van der Waals surface area contributed by atoms with Gasteiger partial charge in [0.15, 0.2) is 5.13 Å². The SMILES string of the molecule is COc1ccc(C2=NOC(C(=O)Nc3ncc(C)s3)C2)cc1. The first-order chi connectivity index (χ1) is 10.7. The van der Waals surface area contributed by atoms with Crippen LogP contribution in [0, 0.1) is 6.92 Å². The van der Waals surface area contributed by atoms with Gasteiger partial charge >= 0.3 is 0 Å². The summed E-state index contributed by atoms with van der Waals surface area (Å²) in [6.45, 7) is 1.93. The summed E-state index contributed by atoms with van der Waals surface area (Å²) in [6, 6.07) is 7.49. The number of aryl methyl sites for hydroxylation is 1. The van der Waals surface area contributed by atoms with Crippen LogP contribution in [0.25, 0.3) is 0 Å². The third kappa shape index (κ3) is 3.09. The Morgan fingerprint density at radius 3 is 2.82 bits per heavy atom. The topological polar surface area (TPSA) is 72.8 Å². The van der Waals surface area contributed by atoms with Gasteiger partial charge in [0.1, 0.15) is 5.75 Å². The van der Waals surface area contributed by atoms with Crippen LogP contribution in [0.2, 0.25) is 0 Å². The fourth-order valence-corrected chi connectivity index (χ4v) is 2.74. The second-order valence-corrected chi connectivity index (χ2v) is 6.06. The Morgan fingerprint density at radius 2 is 2.18 bits per heavy atom. The minimum absolute atomic E-state index is 0.235. The number of ether oxygens (including phenoxy) is 1. The number of amides is 1. The highest BCUT2D eigenvalue weighted by Gasteiger charge is 2.29. The molecule has 1 atom stereocenters. The highest BCUT2D eigenvalue weighted by atomic mass is 32.1. The molecule has 114 valence electrons. The predicted molar refractivity (Wildman–Crippen MR) is 84.5 cm³/mol. The Morgan fingerprint density at radius 1 is 1.41 bits per heavy atom. The van der Waals surface area contributed by atoms with Crippen molar-refractivity contribution in [3.63, 3.8) is 0 Å². The van der Waals surface area contributed by atoms with Crippen LogP contribution >= 0.6 is 11.3 Å². The van der Waals surface area contributed by atoms with Crippen LogP contribution in [0.15, 0.2) is 35.6 Å². The molecule has 1 unspecified atom stereocenters. The Balaban J connectivity index is 1.61. The van der Waals surface area contributed by atoms with E-state index in [2.05, 4.69) is 15.5 Å². The molecule has 1 N–H and O–H groups in total. The summed E-state index contributed by atoms with van der Waals surface area (Å²) in [5.41, 5.74) is 1.67.